The molecule has 2 aliphatic rings. The average Bonchev–Trinajstić information content (AvgIpc) is 2.86. The van der Waals surface area contributed by atoms with Gasteiger partial charge in [-0.05, 0) is 58.5 Å². The molecule has 0 amide bonds. The highest BCUT2D eigenvalue weighted by atomic mass is 79.9. The summed E-state index contributed by atoms with van der Waals surface area (Å²) in [5.41, 5.74) is 4.49. The number of esters is 1. The van der Waals surface area contributed by atoms with E-state index in [1.165, 1.54) is 14.2 Å². The Hall–Kier alpha value is -3.57. The summed E-state index contributed by atoms with van der Waals surface area (Å²) in [6.07, 6.45) is 1.05. The molecule has 180 valence electrons. The summed E-state index contributed by atoms with van der Waals surface area (Å²) in [4.78, 5) is 25.1. The largest absolute Gasteiger partial charge is 0.493 e. The number of rotatable bonds is 6. The SMILES string of the molecule is COC(=O)COc1c(Br)cc(C2C(C#N)=C(C)NC3=C2C(=O)CC(c2ccccc2)C3)cc1OC. The lowest BCUT2D eigenvalue weighted by molar-refractivity contribution is -0.143. The Balaban J connectivity index is 1.77. The number of methoxy groups -OCH3 is 2. The van der Waals surface area contributed by atoms with Gasteiger partial charge < -0.3 is 19.5 Å². The van der Waals surface area contributed by atoms with E-state index in [2.05, 4.69) is 32.1 Å². The van der Waals surface area contributed by atoms with Gasteiger partial charge in [0.15, 0.2) is 23.9 Å². The smallest absolute Gasteiger partial charge is 0.343 e. The first-order valence-electron chi connectivity index (χ1n) is 11.1. The number of ether oxygens (including phenoxy) is 3. The van der Waals surface area contributed by atoms with E-state index >= 15 is 0 Å². The van der Waals surface area contributed by atoms with E-state index in [-0.39, 0.29) is 18.3 Å². The number of halogens is 1. The number of carbonyl (C=O) groups is 2. The maximum atomic E-state index is 13.5. The standard InChI is InChI=1S/C27H25BrN2O5/c1-15-19(13-29)25(18-9-20(28)27(23(12-18)33-2)35-14-24(32)34-3)26-21(30-15)10-17(11-22(26)31)16-7-5-4-6-8-16/h4-9,12,17,25,30H,10-11,14H2,1-3H3. The summed E-state index contributed by atoms with van der Waals surface area (Å²) < 4.78 is 16.3. The first kappa shape index (κ1) is 24.6. The minimum Gasteiger partial charge on any atom is -0.493 e. The van der Waals surface area contributed by atoms with Crippen LogP contribution in [0, 0.1) is 11.3 Å². The van der Waals surface area contributed by atoms with Gasteiger partial charge in [0.25, 0.3) is 0 Å². The molecule has 0 radical (unpaired) electrons. The maximum absolute atomic E-state index is 13.5. The van der Waals surface area contributed by atoms with E-state index in [0.29, 0.717) is 40.0 Å². The van der Waals surface area contributed by atoms with Gasteiger partial charge in [0.2, 0.25) is 0 Å². The number of nitrogens with one attached hydrogen (secondary N) is 1. The number of hydrogen-bond donors (Lipinski definition) is 1. The molecule has 8 heteroatoms. The van der Waals surface area contributed by atoms with E-state index in [1.807, 2.05) is 37.3 Å². The quantitative estimate of drug-likeness (QED) is 0.524. The van der Waals surface area contributed by atoms with Crippen LogP contribution in [-0.4, -0.2) is 32.6 Å². The number of allylic oxidation sites excluding steroid dienone is 4. The number of Topliss-reactive ketones (excluding diaryl/α,β-unsaturated/α-hetero) is 1. The molecule has 0 saturated carbocycles. The minimum atomic E-state index is -0.541. The molecule has 4 rings (SSSR count). The van der Waals surface area contributed by atoms with Gasteiger partial charge in [-0.25, -0.2) is 4.79 Å². The lowest BCUT2D eigenvalue weighted by Gasteiger charge is -2.36. The van der Waals surface area contributed by atoms with Crippen LogP contribution >= 0.6 is 15.9 Å². The Kier molecular flexibility index (Phi) is 7.27. The third-order valence-electron chi connectivity index (χ3n) is 6.37. The third kappa shape index (κ3) is 4.82. The summed E-state index contributed by atoms with van der Waals surface area (Å²) in [6.45, 7) is 1.57. The van der Waals surface area contributed by atoms with Gasteiger partial charge in [0.1, 0.15) is 0 Å². The summed E-state index contributed by atoms with van der Waals surface area (Å²) >= 11 is 3.51. The van der Waals surface area contributed by atoms with Crippen molar-refractivity contribution < 1.29 is 23.8 Å². The molecule has 1 aliphatic heterocycles. The highest BCUT2D eigenvalue weighted by Gasteiger charge is 2.39. The van der Waals surface area contributed by atoms with Crippen molar-refractivity contribution in [2.75, 3.05) is 20.8 Å². The molecule has 0 spiro atoms. The van der Waals surface area contributed by atoms with Crippen molar-refractivity contribution in [2.45, 2.75) is 31.6 Å². The Morgan fingerprint density at radius 3 is 2.57 bits per heavy atom. The summed E-state index contributed by atoms with van der Waals surface area (Å²) in [5.74, 6) is -0.272. The van der Waals surface area contributed by atoms with Crippen LogP contribution in [-0.2, 0) is 14.3 Å². The number of nitrogens with zero attached hydrogens (tertiary/aromatic N) is 1. The van der Waals surface area contributed by atoms with Crippen LogP contribution in [0.3, 0.4) is 0 Å². The second-order valence-electron chi connectivity index (χ2n) is 8.44. The van der Waals surface area contributed by atoms with E-state index in [1.54, 1.807) is 12.1 Å². The summed E-state index contributed by atoms with van der Waals surface area (Å²) in [6, 6.07) is 15.9. The van der Waals surface area contributed by atoms with Gasteiger partial charge in [-0.3, -0.25) is 4.79 Å². The number of nitriles is 1. The van der Waals surface area contributed by atoms with Gasteiger partial charge in [-0.1, -0.05) is 30.3 Å². The third-order valence-corrected chi connectivity index (χ3v) is 6.96. The van der Waals surface area contributed by atoms with E-state index in [4.69, 9.17) is 9.47 Å². The fourth-order valence-corrected chi connectivity index (χ4v) is 5.29. The molecule has 0 saturated heterocycles. The van der Waals surface area contributed by atoms with Crippen LogP contribution in [0.15, 0.2) is 69.5 Å². The molecule has 2 atom stereocenters. The highest BCUT2D eigenvalue weighted by molar-refractivity contribution is 9.10. The lowest BCUT2D eigenvalue weighted by atomic mass is 9.72. The molecule has 1 N–H and O–H groups in total. The van der Waals surface area contributed by atoms with Gasteiger partial charge in [-0.2, -0.15) is 5.26 Å². The lowest BCUT2D eigenvalue weighted by Crippen LogP contribution is -2.33. The second kappa shape index (κ2) is 10.4. The molecule has 7 nitrogen and oxygen atoms in total. The van der Waals surface area contributed by atoms with Crippen molar-refractivity contribution in [1.82, 2.24) is 5.32 Å². The topological polar surface area (TPSA) is 97.6 Å². The first-order valence-corrected chi connectivity index (χ1v) is 11.9. The molecule has 0 fully saturated rings. The monoisotopic (exact) mass is 536 g/mol. The van der Waals surface area contributed by atoms with Crippen LogP contribution in [0.1, 0.15) is 42.7 Å². The Morgan fingerprint density at radius 1 is 1.17 bits per heavy atom. The van der Waals surface area contributed by atoms with E-state index < -0.39 is 11.9 Å². The van der Waals surface area contributed by atoms with Crippen molar-refractivity contribution in [2.24, 2.45) is 0 Å². The molecule has 0 bridgehead atoms. The molecule has 0 aromatic heterocycles. The van der Waals surface area contributed by atoms with E-state index in [0.717, 1.165) is 22.5 Å². The Labute approximate surface area is 212 Å². The molecule has 2 unspecified atom stereocenters. The van der Waals surface area contributed by atoms with Gasteiger partial charge in [0, 0.05) is 23.4 Å². The number of hydrogen-bond acceptors (Lipinski definition) is 7. The molecule has 2 aromatic carbocycles. The van der Waals surface area contributed by atoms with Crippen molar-refractivity contribution in [1.29, 1.82) is 5.26 Å². The fourth-order valence-electron chi connectivity index (χ4n) is 4.72. The maximum Gasteiger partial charge on any atom is 0.343 e. The predicted octanol–water partition coefficient (Wildman–Crippen LogP) is 4.89. The highest BCUT2D eigenvalue weighted by Crippen LogP contribution is 2.48. The normalized spacial score (nSPS) is 19.5. The molecule has 1 heterocycles. The number of carbonyl (C=O) groups excluding carboxylic acids is 2. The summed E-state index contributed by atoms with van der Waals surface area (Å²) in [7, 11) is 2.78. The number of benzene rings is 2. The van der Waals surface area contributed by atoms with Crippen LogP contribution in [0.2, 0.25) is 0 Å². The molecular formula is C27H25BrN2O5. The minimum absolute atomic E-state index is 0.0129. The van der Waals surface area contributed by atoms with Crippen molar-refractivity contribution in [3.8, 4) is 17.6 Å². The fraction of sp³-hybridized carbons (Fsp3) is 0.296. The second-order valence-corrected chi connectivity index (χ2v) is 9.29. The van der Waals surface area contributed by atoms with Gasteiger partial charge >= 0.3 is 5.97 Å². The zero-order valence-corrected chi connectivity index (χ0v) is 21.3. The van der Waals surface area contributed by atoms with Crippen molar-refractivity contribution >= 4 is 27.7 Å². The van der Waals surface area contributed by atoms with Crippen LogP contribution in [0.25, 0.3) is 0 Å². The van der Waals surface area contributed by atoms with Crippen LogP contribution in [0.4, 0.5) is 0 Å². The van der Waals surface area contributed by atoms with Crippen LogP contribution < -0.4 is 14.8 Å². The average molecular weight is 537 g/mol. The molecular weight excluding hydrogens is 512 g/mol. The van der Waals surface area contributed by atoms with Gasteiger partial charge in [0.05, 0.1) is 36.3 Å². The van der Waals surface area contributed by atoms with Crippen molar-refractivity contribution in [3.63, 3.8) is 0 Å². The predicted molar refractivity (Wildman–Crippen MR) is 133 cm³/mol. The van der Waals surface area contributed by atoms with Crippen molar-refractivity contribution in [3.05, 3.63) is 80.6 Å². The summed E-state index contributed by atoms with van der Waals surface area (Å²) in [5, 5.41) is 13.4. The number of ketones is 1. The zero-order valence-electron chi connectivity index (χ0n) is 19.7. The Morgan fingerprint density at radius 2 is 1.91 bits per heavy atom. The molecule has 2 aromatic rings. The Bertz CT molecular complexity index is 1280. The van der Waals surface area contributed by atoms with E-state index in [9.17, 15) is 14.9 Å². The number of dihydropyridines is 1. The zero-order chi connectivity index (χ0) is 25.1. The molecule has 35 heavy (non-hydrogen) atoms. The molecule has 1 aliphatic carbocycles. The first-order chi connectivity index (χ1) is 16.9. The van der Waals surface area contributed by atoms with Crippen LogP contribution in [0.5, 0.6) is 11.5 Å². The van der Waals surface area contributed by atoms with Gasteiger partial charge in [-0.15, -0.1) is 0 Å².